The second-order valence-corrected chi connectivity index (χ2v) is 7.23. The van der Waals surface area contributed by atoms with Gasteiger partial charge in [-0.25, -0.2) is 0 Å². The summed E-state index contributed by atoms with van der Waals surface area (Å²) in [7, 11) is 0. The Kier molecular flexibility index (Phi) is 8.00. The normalized spacial score (nSPS) is 14.6. The molecular formula is C17H19Cl3N2O4. The van der Waals surface area contributed by atoms with E-state index in [0.717, 1.165) is 32.1 Å². The molecule has 1 aromatic rings. The molecule has 0 heterocycles. The maximum absolute atomic E-state index is 11.9. The van der Waals surface area contributed by atoms with Gasteiger partial charge in [0.1, 0.15) is 6.54 Å². The van der Waals surface area contributed by atoms with Gasteiger partial charge in [0, 0.05) is 5.92 Å². The SMILES string of the molecule is O=C(COC(=O)CNC(=O)C1CCCCC1)Nc1cc(Cl)c(Cl)cc1Cl. The number of amides is 2. The highest BCUT2D eigenvalue weighted by Crippen LogP contribution is 2.32. The van der Waals surface area contributed by atoms with Gasteiger partial charge in [-0.05, 0) is 25.0 Å². The van der Waals surface area contributed by atoms with Crippen LogP contribution in [-0.4, -0.2) is 30.9 Å². The number of esters is 1. The van der Waals surface area contributed by atoms with E-state index >= 15 is 0 Å². The molecule has 0 atom stereocenters. The highest BCUT2D eigenvalue weighted by atomic mass is 35.5. The van der Waals surface area contributed by atoms with E-state index in [0.29, 0.717) is 0 Å². The molecule has 142 valence electrons. The van der Waals surface area contributed by atoms with E-state index in [1.165, 1.54) is 12.1 Å². The number of hydrogen-bond donors (Lipinski definition) is 2. The van der Waals surface area contributed by atoms with Crippen LogP contribution in [0.1, 0.15) is 32.1 Å². The number of carbonyl (C=O) groups excluding carboxylic acids is 3. The van der Waals surface area contributed by atoms with E-state index in [4.69, 9.17) is 39.5 Å². The van der Waals surface area contributed by atoms with Crippen molar-refractivity contribution in [2.24, 2.45) is 5.92 Å². The third kappa shape index (κ3) is 6.34. The minimum Gasteiger partial charge on any atom is -0.454 e. The van der Waals surface area contributed by atoms with Crippen molar-refractivity contribution in [2.45, 2.75) is 32.1 Å². The molecule has 1 saturated carbocycles. The third-order valence-electron chi connectivity index (χ3n) is 4.03. The fourth-order valence-corrected chi connectivity index (χ4v) is 3.26. The number of nitrogens with one attached hydrogen (secondary N) is 2. The molecule has 0 aromatic heterocycles. The number of anilines is 1. The van der Waals surface area contributed by atoms with Crippen LogP contribution in [0.2, 0.25) is 15.1 Å². The predicted octanol–water partition coefficient (Wildman–Crippen LogP) is 3.83. The van der Waals surface area contributed by atoms with Crippen LogP contribution in [0.4, 0.5) is 5.69 Å². The first-order chi connectivity index (χ1) is 12.4. The molecule has 0 bridgehead atoms. The maximum Gasteiger partial charge on any atom is 0.325 e. The van der Waals surface area contributed by atoms with Gasteiger partial charge < -0.3 is 15.4 Å². The summed E-state index contributed by atoms with van der Waals surface area (Å²) in [6.07, 6.45) is 4.88. The predicted molar refractivity (Wildman–Crippen MR) is 101 cm³/mol. The second kappa shape index (κ2) is 10.00. The van der Waals surface area contributed by atoms with Crippen LogP contribution in [0.25, 0.3) is 0 Å². The van der Waals surface area contributed by atoms with Gasteiger partial charge >= 0.3 is 5.97 Å². The van der Waals surface area contributed by atoms with Crippen molar-refractivity contribution in [3.8, 4) is 0 Å². The Hall–Kier alpha value is -1.50. The van der Waals surface area contributed by atoms with Crippen molar-refractivity contribution in [3.05, 3.63) is 27.2 Å². The molecule has 0 spiro atoms. The maximum atomic E-state index is 11.9. The highest BCUT2D eigenvalue weighted by molar-refractivity contribution is 6.44. The third-order valence-corrected chi connectivity index (χ3v) is 5.07. The van der Waals surface area contributed by atoms with E-state index in [1.54, 1.807) is 0 Å². The zero-order valence-corrected chi connectivity index (χ0v) is 16.2. The lowest BCUT2D eigenvalue weighted by molar-refractivity contribution is -0.147. The summed E-state index contributed by atoms with van der Waals surface area (Å²) in [5, 5.41) is 5.72. The Balaban J connectivity index is 1.72. The van der Waals surface area contributed by atoms with E-state index in [-0.39, 0.29) is 39.1 Å². The Labute approximate surface area is 166 Å². The number of ether oxygens (including phenoxy) is 1. The van der Waals surface area contributed by atoms with Gasteiger partial charge in [0.05, 0.1) is 20.8 Å². The lowest BCUT2D eigenvalue weighted by Gasteiger charge is -2.20. The standard InChI is InChI=1S/C17H19Cl3N2O4/c18-11-6-13(20)14(7-12(11)19)22-15(23)9-26-16(24)8-21-17(25)10-4-2-1-3-5-10/h6-7,10H,1-5,8-9H2,(H,21,25)(H,22,23). The molecule has 0 aliphatic heterocycles. The van der Waals surface area contributed by atoms with E-state index in [2.05, 4.69) is 10.6 Å². The summed E-state index contributed by atoms with van der Waals surface area (Å²) in [4.78, 5) is 35.5. The number of hydrogen-bond acceptors (Lipinski definition) is 4. The average Bonchev–Trinajstić information content (AvgIpc) is 2.63. The Bertz CT molecular complexity index is 691. The van der Waals surface area contributed by atoms with Gasteiger partial charge in [-0.3, -0.25) is 14.4 Å². The van der Waals surface area contributed by atoms with Gasteiger partial charge in [0.2, 0.25) is 5.91 Å². The van der Waals surface area contributed by atoms with Gasteiger partial charge in [0.15, 0.2) is 6.61 Å². The molecule has 1 aromatic carbocycles. The van der Waals surface area contributed by atoms with Crippen LogP contribution in [0.15, 0.2) is 12.1 Å². The summed E-state index contributed by atoms with van der Waals surface area (Å²) in [6.45, 7) is -0.773. The van der Waals surface area contributed by atoms with Crippen molar-refractivity contribution in [1.29, 1.82) is 0 Å². The molecule has 1 aliphatic carbocycles. The van der Waals surface area contributed by atoms with E-state index in [1.807, 2.05) is 0 Å². The summed E-state index contributed by atoms with van der Waals surface area (Å²) >= 11 is 17.6. The number of rotatable bonds is 6. The van der Waals surface area contributed by atoms with Gasteiger partial charge in [-0.15, -0.1) is 0 Å². The van der Waals surface area contributed by atoms with Crippen molar-refractivity contribution in [3.63, 3.8) is 0 Å². The largest absolute Gasteiger partial charge is 0.454 e. The van der Waals surface area contributed by atoms with Crippen LogP contribution in [0.3, 0.4) is 0 Å². The number of halogens is 3. The molecule has 6 nitrogen and oxygen atoms in total. The van der Waals surface area contributed by atoms with Crippen LogP contribution < -0.4 is 10.6 Å². The van der Waals surface area contributed by atoms with E-state index < -0.39 is 18.5 Å². The summed E-state index contributed by atoms with van der Waals surface area (Å²) in [6, 6.07) is 2.80. The molecule has 26 heavy (non-hydrogen) atoms. The van der Waals surface area contributed by atoms with Crippen LogP contribution >= 0.6 is 34.8 Å². The summed E-state index contributed by atoms with van der Waals surface area (Å²) in [5.41, 5.74) is 0.257. The second-order valence-electron chi connectivity index (χ2n) is 6.01. The van der Waals surface area contributed by atoms with Gasteiger partial charge in [0.25, 0.3) is 5.91 Å². The Morgan fingerprint density at radius 2 is 1.65 bits per heavy atom. The fourth-order valence-electron chi connectivity index (χ4n) is 2.67. The topological polar surface area (TPSA) is 84.5 Å². The minimum atomic E-state index is -0.690. The fraction of sp³-hybridized carbons (Fsp3) is 0.471. The van der Waals surface area contributed by atoms with Crippen molar-refractivity contribution in [2.75, 3.05) is 18.5 Å². The zero-order valence-electron chi connectivity index (χ0n) is 13.9. The molecule has 0 saturated heterocycles. The molecule has 0 radical (unpaired) electrons. The Morgan fingerprint density at radius 3 is 2.35 bits per heavy atom. The number of carbonyl (C=O) groups is 3. The summed E-state index contributed by atoms with van der Waals surface area (Å²) in [5.74, 6) is -1.47. The lowest BCUT2D eigenvalue weighted by atomic mass is 9.89. The lowest BCUT2D eigenvalue weighted by Crippen LogP contribution is -2.36. The molecule has 2 rings (SSSR count). The summed E-state index contributed by atoms with van der Waals surface area (Å²) < 4.78 is 4.84. The van der Waals surface area contributed by atoms with Crippen LogP contribution in [-0.2, 0) is 19.1 Å². The highest BCUT2D eigenvalue weighted by Gasteiger charge is 2.21. The molecule has 2 amide bonds. The van der Waals surface area contributed by atoms with Crippen molar-refractivity contribution >= 4 is 58.3 Å². The first-order valence-corrected chi connectivity index (χ1v) is 9.38. The minimum absolute atomic E-state index is 0.0448. The van der Waals surface area contributed by atoms with Gasteiger partial charge in [-0.1, -0.05) is 54.1 Å². The zero-order chi connectivity index (χ0) is 19.1. The smallest absolute Gasteiger partial charge is 0.325 e. The Morgan fingerprint density at radius 1 is 1.00 bits per heavy atom. The molecule has 9 heteroatoms. The quantitative estimate of drug-likeness (QED) is 0.540. The van der Waals surface area contributed by atoms with Crippen LogP contribution in [0.5, 0.6) is 0 Å². The van der Waals surface area contributed by atoms with Crippen molar-refractivity contribution < 1.29 is 19.1 Å². The molecule has 1 fully saturated rings. The van der Waals surface area contributed by atoms with Gasteiger partial charge in [-0.2, -0.15) is 0 Å². The number of benzene rings is 1. The average molecular weight is 422 g/mol. The molecular weight excluding hydrogens is 403 g/mol. The monoisotopic (exact) mass is 420 g/mol. The van der Waals surface area contributed by atoms with Crippen molar-refractivity contribution in [1.82, 2.24) is 5.32 Å². The van der Waals surface area contributed by atoms with Crippen LogP contribution in [0, 0.1) is 5.92 Å². The first-order valence-electron chi connectivity index (χ1n) is 8.24. The molecule has 2 N–H and O–H groups in total. The molecule has 0 unspecified atom stereocenters. The first kappa shape index (κ1) is 20.8. The van der Waals surface area contributed by atoms with E-state index in [9.17, 15) is 14.4 Å². The molecule has 1 aliphatic rings.